The monoisotopic (exact) mass is 396 g/mol. The Morgan fingerprint density at radius 1 is 1.29 bits per heavy atom. The van der Waals surface area contributed by atoms with Crippen LogP contribution >= 0.6 is 15.9 Å². The zero-order valence-electron chi connectivity index (χ0n) is 14.1. The van der Waals surface area contributed by atoms with Crippen LogP contribution in [0.4, 0.5) is 4.79 Å². The van der Waals surface area contributed by atoms with E-state index in [2.05, 4.69) is 21.2 Å². The third kappa shape index (κ3) is 2.80. The Hall–Kier alpha value is -1.60. The van der Waals surface area contributed by atoms with Gasteiger partial charge in [0.05, 0.1) is 21.7 Å². The maximum Gasteiger partial charge on any atom is 0.325 e. The number of urea groups is 1. The summed E-state index contributed by atoms with van der Waals surface area (Å²) >= 11 is 3.23. The molecule has 2 atom stereocenters. The maximum absolute atomic E-state index is 12.9. The number of benzene rings is 1. The summed E-state index contributed by atoms with van der Waals surface area (Å²) in [6.07, 6.45) is 0.588. The van der Waals surface area contributed by atoms with Crippen molar-refractivity contribution in [1.82, 2.24) is 10.2 Å². The molecular formula is C17H21BrN2O4. The summed E-state index contributed by atoms with van der Waals surface area (Å²) in [4.78, 5) is 26.7. The molecule has 3 amide bonds. The summed E-state index contributed by atoms with van der Waals surface area (Å²) in [6.45, 7) is 7.72. The van der Waals surface area contributed by atoms with Crippen LogP contribution in [0.3, 0.4) is 0 Å². The highest BCUT2D eigenvalue weighted by molar-refractivity contribution is 9.10. The van der Waals surface area contributed by atoms with Crippen molar-refractivity contribution >= 4 is 27.9 Å². The number of amides is 3. The smallest absolute Gasteiger partial charge is 0.325 e. The van der Waals surface area contributed by atoms with E-state index in [1.807, 2.05) is 27.7 Å². The molecule has 0 bridgehead atoms. The van der Waals surface area contributed by atoms with Crippen LogP contribution < -0.4 is 5.32 Å². The van der Waals surface area contributed by atoms with E-state index < -0.39 is 23.3 Å². The molecule has 1 aromatic carbocycles. The number of halogens is 1. The zero-order valence-corrected chi connectivity index (χ0v) is 15.7. The number of imide groups is 1. The molecule has 2 unspecified atom stereocenters. The maximum atomic E-state index is 12.9. The van der Waals surface area contributed by atoms with Crippen molar-refractivity contribution < 1.29 is 19.4 Å². The lowest BCUT2D eigenvalue weighted by Crippen LogP contribution is -2.49. The minimum atomic E-state index is -0.756. The van der Waals surface area contributed by atoms with Gasteiger partial charge in [0.25, 0.3) is 5.91 Å². The second-order valence-corrected chi connectivity index (χ2v) is 8.34. The summed E-state index contributed by atoms with van der Waals surface area (Å²) in [5.41, 5.74) is -0.383. The Morgan fingerprint density at radius 3 is 2.50 bits per heavy atom. The molecule has 0 spiro atoms. The van der Waals surface area contributed by atoms with Crippen molar-refractivity contribution in [2.24, 2.45) is 0 Å². The van der Waals surface area contributed by atoms with Crippen molar-refractivity contribution in [3.63, 3.8) is 0 Å². The number of phenols is 1. The summed E-state index contributed by atoms with van der Waals surface area (Å²) in [5, 5.41) is 12.3. The molecule has 0 saturated carbocycles. The van der Waals surface area contributed by atoms with Gasteiger partial charge in [-0.1, -0.05) is 6.07 Å². The van der Waals surface area contributed by atoms with Gasteiger partial charge in [0.2, 0.25) is 0 Å². The first-order valence-corrected chi connectivity index (χ1v) is 8.63. The van der Waals surface area contributed by atoms with Crippen LogP contribution in [-0.2, 0) is 9.53 Å². The van der Waals surface area contributed by atoms with E-state index in [1.165, 1.54) is 11.0 Å². The van der Waals surface area contributed by atoms with Crippen molar-refractivity contribution in [2.45, 2.75) is 57.4 Å². The molecule has 0 aromatic heterocycles. The molecule has 0 aliphatic carbocycles. The molecule has 2 N–H and O–H groups in total. The van der Waals surface area contributed by atoms with E-state index in [4.69, 9.17) is 4.74 Å². The minimum Gasteiger partial charge on any atom is -0.507 e. The van der Waals surface area contributed by atoms with Crippen molar-refractivity contribution in [2.75, 3.05) is 0 Å². The molecule has 2 heterocycles. The molecule has 2 fully saturated rings. The molecule has 2 aliphatic rings. The zero-order chi connectivity index (χ0) is 17.9. The van der Waals surface area contributed by atoms with Gasteiger partial charge in [-0.25, -0.2) is 4.79 Å². The first-order chi connectivity index (χ1) is 11.0. The van der Waals surface area contributed by atoms with Crippen LogP contribution in [0.15, 0.2) is 22.7 Å². The van der Waals surface area contributed by atoms with Gasteiger partial charge in [0, 0.05) is 0 Å². The lowest BCUT2D eigenvalue weighted by Gasteiger charge is -2.31. The number of nitrogens with one attached hydrogen (secondary N) is 1. The Morgan fingerprint density at radius 2 is 1.96 bits per heavy atom. The molecule has 6 nitrogen and oxygen atoms in total. The molecule has 2 saturated heterocycles. The molecule has 1 aromatic rings. The van der Waals surface area contributed by atoms with E-state index in [-0.39, 0.29) is 17.7 Å². The highest BCUT2D eigenvalue weighted by Gasteiger charge is 2.54. The number of ether oxygens (including phenoxy) is 1. The van der Waals surface area contributed by atoms with Crippen LogP contribution in [0.2, 0.25) is 0 Å². The van der Waals surface area contributed by atoms with Crippen LogP contribution in [0.25, 0.3) is 0 Å². The number of hydrogen-bond donors (Lipinski definition) is 2. The standard InChI is InChI=1S/C17H21BrN2O4/c1-16(2)8-12(17(3,4)24-16)20-14(22)13(19-15(20)23)9-5-6-11(21)10(18)7-9/h5-7,12-13,21H,8H2,1-4H3,(H,19,23). The van der Waals surface area contributed by atoms with Gasteiger partial charge in [0.1, 0.15) is 11.8 Å². The van der Waals surface area contributed by atoms with Gasteiger partial charge in [-0.15, -0.1) is 0 Å². The van der Waals surface area contributed by atoms with Gasteiger partial charge in [0.15, 0.2) is 0 Å². The Kier molecular flexibility index (Phi) is 3.92. The average Bonchev–Trinajstić information content (AvgIpc) is 2.85. The fourth-order valence-electron chi connectivity index (χ4n) is 3.65. The normalized spacial score (nSPS) is 28.3. The second kappa shape index (κ2) is 5.46. The Bertz CT molecular complexity index is 717. The average molecular weight is 397 g/mol. The van der Waals surface area contributed by atoms with E-state index in [0.29, 0.717) is 16.5 Å². The predicted octanol–water partition coefficient (Wildman–Crippen LogP) is 3.09. The van der Waals surface area contributed by atoms with Crippen LogP contribution in [0.1, 0.15) is 45.7 Å². The third-order valence-electron chi connectivity index (χ3n) is 4.61. The number of carbonyl (C=O) groups is 2. The summed E-state index contributed by atoms with van der Waals surface area (Å²) in [6, 6.07) is 3.27. The Labute approximate surface area is 149 Å². The third-order valence-corrected chi connectivity index (χ3v) is 5.25. The summed E-state index contributed by atoms with van der Waals surface area (Å²) in [7, 11) is 0. The molecule has 130 valence electrons. The van der Waals surface area contributed by atoms with Gasteiger partial charge >= 0.3 is 6.03 Å². The van der Waals surface area contributed by atoms with E-state index >= 15 is 0 Å². The number of aromatic hydroxyl groups is 1. The summed E-state index contributed by atoms with van der Waals surface area (Å²) in [5.74, 6) is -0.212. The van der Waals surface area contributed by atoms with Crippen LogP contribution in [0, 0.1) is 0 Å². The minimum absolute atomic E-state index is 0.0828. The first-order valence-electron chi connectivity index (χ1n) is 7.84. The first kappa shape index (κ1) is 17.2. The highest BCUT2D eigenvalue weighted by atomic mass is 79.9. The molecule has 0 radical (unpaired) electrons. The van der Waals surface area contributed by atoms with Crippen LogP contribution in [0.5, 0.6) is 5.75 Å². The number of rotatable bonds is 2. The SMILES string of the molecule is CC1(C)CC(N2C(=O)NC(c3ccc(O)c(Br)c3)C2=O)C(C)(C)O1. The quantitative estimate of drug-likeness (QED) is 0.752. The second-order valence-electron chi connectivity index (χ2n) is 7.49. The molecule has 3 rings (SSSR count). The fourth-order valence-corrected chi connectivity index (χ4v) is 4.05. The number of phenolic OH excluding ortho intramolecular Hbond substituents is 1. The van der Waals surface area contributed by atoms with Gasteiger partial charge in [-0.2, -0.15) is 0 Å². The molecule has 24 heavy (non-hydrogen) atoms. The summed E-state index contributed by atoms with van der Waals surface area (Å²) < 4.78 is 6.50. The molecule has 7 heteroatoms. The number of carbonyl (C=O) groups excluding carboxylic acids is 2. The van der Waals surface area contributed by atoms with Gasteiger partial charge in [-0.3, -0.25) is 9.69 Å². The van der Waals surface area contributed by atoms with Crippen molar-refractivity contribution in [3.05, 3.63) is 28.2 Å². The topological polar surface area (TPSA) is 78.9 Å². The van der Waals surface area contributed by atoms with Crippen LogP contribution in [-0.4, -0.2) is 39.2 Å². The van der Waals surface area contributed by atoms with Gasteiger partial charge in [-0.05, 0) is 67.7 Å². The molecular weight excluding hydrogens is 376 g/mol. The van der Waals surface area contributed by atoms with E-state index in [1.54, 1.807) is 12.1 Å². The largest absolute Gasteiger partial charge is 0.507 e. The molecule has 2 aliphatic heterocycles. The van der Waals surface area contributed by atoms with E-state index in [0.717, 1.165) is 0 Å². The lowest BCUT2D eigenvalue weighted by atomic mass is 9.93. The Balaban J connectivity index is 1.91. The van der Waals surface area contributed by atoms with E-state index in [9.17, 15) is 14.7 Å². The van der Waals surface area contributed by atoms with Crippen molar-refractivity contribution in [1.29, 1.82) is 0 Å². The highest BCUT2D eigenvalue weighted by Crippen LogP contribution is 2.42. The number of hydrogen-bond acceptors (Lipinski definition) is 4. The van der Waals surface area contributed by atoms with Gasteiger partial charge < -0.3 is 15.2 Å². The predicted molar refractivity (Wildman–Crippen MR) is 91.6 cm³/mol. The van der Waals surface area contributed by atoms with Crippen molar-refractivity contribution in [3.8, 4) is 5.75 Å². The number of nitrogens with zero attached hydrogens (tertiary/aromatic N) is 1. The fraction of sp³-hybridized carbons (Fsp3) is 0.529. The lowest BCUT2D eigenvalue weighted by molar-refractivity contribution is -0.132.